The van der Waals surface area contributed by atoms with Gasteiger partial charge in [-0.3, -0.25) is 9.69 Å². The minimum Gasteiger partial charge on any atom is -0.325 e. The van der Waals surface area contributed by atoms with Crippen LogP contribution in [0.25, 0.3) is 0 Å². The second-order valence-corrected chi connectivity index (χ2v) is 8.72. The normalized spacial score (nSPS) is 16.5. The van der Waals surface area contributed by atoms with Crippen molar-refractivity contribution in [2.45, 2.75) is 43.0 Å². The van der Waals surface area contributed by atoms with Crippen LogP contribution in [0, 0.1) is 0 Å². The fourth-order valence-corrected chi connectivity index (χ4v) is 3.97. The molecule has 0 aromatic heterocycles. The summed E-state index contributed by atoms with van der Waals surface area (Å²) in [7, 11) is 1.44. The summed E-state index contributed by atoms with van der Waals surface area (Å²) in [6.45, 7) is 0.315. The number of nitrogens with zero attached hydrogens (tertiary/aromatic N) is 2. The van der Waals surface area contributed by atoms with E-state index in [9.17, 15) is 13.2 Å². The maximum atomic E-state index is 12.2. The number of nitrogens with one attached hydrogen (secondary N) is 1. The Bertz CT molecular complexity index is 667. The largest absolute Gasteiger partial charge is 0.325 e. The van der Waals surface area contributed by atoms with Crippen molar-refractivity contribution >= 4 is 21.6 Å². The van der Waals surface area contributed by atoms with Gasteiger partial charge in [0.1, 0.15) is 0 Å². The van der Waals surface area contributed by atoms with Gasteiger partial charge in [0.25, 0.3) is 0 Å². The molecule has 0 saturated heterocycles. The summed E-state index contributed by atoms with van der Waals surface area (Å²) in [5.41, 5.74) is 0.500. The molecular formula is C17H27N3O3S. The molecule has 1 N–H and O–H groups in total. The van der Waals surface area contributed by atoms with Crippen LogP contribution in [0.4, 0.5) is 5.69 Å². The van der Waals surface area contributed by atoms with E-state index < -0.39 is 10.0 Å². The first-order valence-corrected chi connectivity index (χ1v) is 9.77. The molecule has 24 heavy (non-hydrogen) atoms. The number of amides is 1. The molecule has 134 valence electrons. The van der Waals surface area contributed by atoms with Crippen LogP contribution in [0.3, 0.4) is 0 Å². The van der Waals surface area contributed by atoms with Crippen molar-refractivity contribution < 1.29 is 13.2 Å². The number of sulfonamides is 1. The molecule has 2 rings (SSSR count). The van der Waals surface area contributed by atoms with Crippen LogP contribution in [0.1, 0.15) is 32.1 Å². The zero-order valence-corrected chi connectivity index (χ0v) is 15.5. The van der Waals surface area contributed by atoms with E-state index in [2.05, 4.69) is 10.2 Å². The van der Waals surface area contributed by atoms with E-state index in [1.807, 2.05) is 7.05 Å². The van der Waals surface area contributed by atoms with Gasteiger partial charge in [-0.2, -0.15) is 0 Å². The highest BCUT2D eigenvalue weighted by atomic mass is 32.2. The molecule has 1 saturated carbocycles. The number of likely N-dealkylation sites (N-methyl/N-ethyl adjacent to an activating group) is 1. The summed E-state index contributed by atoms with van der Waals surface area (Å²) in [6.07, 6.45) is 6.01. The zero-order valence-electron chi connectivity index (χ0n) is 14.7. The van der Waals surface area contributed by atoms with Crippen molar-refractivity contribution in [2.75, 3.05) is 33.0 Å². The SMILES string of the molecule is CN(CC(=O)Nc1cccc(S(=O)(=O)N(C)C)c1)C1CCCCC1. The van der Waals surface area contributed by atoms with Crippen LogP contribution in [-0.4, -0.2) is 57.3 Å². The van der Waals surface area contributed by atoms with Crippen molar-refractivity contribution in [3.05, 3.63) is 24.3 Å². The third kappa shape index (κ3) is 4.78. The molecule has 1 amide bonds. The van der Waals surface area contributed by atoms with Crippen LogP contribution in [0.5, 0.6) is 0 Å². The van der Waals surface area contributed by atoms with E-state index in [0.29, 0.717) is 18.3 Å². The van der Waals surface area contributed by atoms with Crippen LogP contribution < -0.4 is 5.32 Å². The Kier molecular flexibility index (Phi) is 6.37. The van der Waals surface area contributed by atoms with Gasteiger partial charge in [0, 0.05) is 25.8 Å². The molecule has 0 atom stereocenters. The topological polar surface area (TPSA) is 69.7 Å². The van der Waals surface area contributed by atoms with Crippen molar-refractivity contribution in [3.63, 3.8) is 0 Å². The van der Waals surface area contributed by atoms with Gasteiger partial charge < -0.3 is 5.32 Å². The zero-order chi connectivity index (χ0) is 17.7. The van der Waals surface area contributed by atoms with Gasteiger partial charge >= 0.3 is 0 Å². The van der Waals surface area contributed by atoms with Gasteiger partial charge in [0.15, 0.2) is 0 Å². The number of carbonyl (C=O) groups excluding carboxylic acids is 1. The quantitative estimate of drug-likeness (QED) is 0.851. The monoisotopic (exact) mass is 353 g/mol. The minimum absolute atomic E-state index is 0.123. The lowest BCUT2D eigenvalue weighted by molar-refractivity contribution is -0.117. The molecule has 1 aliphatic rings. The second kappa shape index (κ2) is 8.09. The number of benzene rings is 1. The molecular weight excluding hydrogens is 326 g/mol. The van der Waals surface area contributed by atoms with Crippen molar-refractivity contribution in [1.29, 1.82) is 0 Å². The van der Waals surface area contributed by atoms with E-state index in [4.69, 9.17) is 0 Å². The molecule has 0 aliphatic heterocycles. The standard InChI is InChI=1S/C17H27N3O3S/c1-19(2)24(22,23)16-11-7-8-14(12-16)18-17(21)13-20(3)15-9-5-4-6-10-15/h7-8,11-12,15H,4-6,9-10,13H2,1-3H3,(H,18,21). The second-order valence-electron chi connectivity index (χ2n) is 6.57. The third-order valence-electron chi connectivity index (χ3n) is 4.49. The lowest BCUT2D eigenvalue weighted by Gasteiger charge is -2.30. The molecule has 0 radical (unpaired) electrons. The number of rotatable bonds is 6. The number of hydrogen-bond donors (Lipinski definition) is 1. The molecule has 6 nitrogen and oxygen atoms in total. The fourth-order valence-electron chi connectivity index (χ4n) is 3.02. The average molecular weight is 353 g/mol. The first-order chi connectivity index (χ1) is 11.3. The van der Waals surface area contributed by atoms with Crippen molar-refractivity contribution in [1.82, 2.24) is 9.21 Å². The predicted octanol–water partition coefficient (Wildman–Crippen LogP) is 2.14. The molecule has 1 fully saturated rings. The van der Waals surface area contributed by atoms with Gasteiger partial charge in [-0.25, -0.2) is 12.7 Å². The lowest BCUT2D eigenvalue weighted by Crippen LogP contribution is -2.39. The molecule has 1 aromatic carbocycles. The van der Waals surface area contributed by atoms with Crippen LogP contribution >= 0.6 is 0 Å². The summed E-state index contributed by atoms with van der Waals surface area (Å²) in [5.74, 6) is -0.123. The summed E-state index contributed by atoms with van der Waals surface area (Å²) in [4.78, 5) is 14.5. The molecule has 0 unspecified atom stereocenters. The Labute approximate surface area is 144 Å². The van der Waals surface area contributed by atoms with E-state index in [1.165, 1.54) is 45.5 Å². The molecule has 0 bridgehead atoms. The number of anilines is 1. The fraction of sp³-hybridized carbons (Fsp3) is 0.588. The lowest BCUT2D eigenvalue weighted by atomic mass is 9.94. The van der Waals surface area contributed by atoms with E-state index in [-0.39, 0.29) is 10.8 Å². The van der Waals surface area contributed by atoms with Gasteiger partial charge in [-0.1, -0.05) is 25.3 Å². The molecule has 7 heteroatoms. The Balaban J connectivity index is 1.99. The van der Waals surface area contributed by atoms with Crippen LogP contribution in [-0.2, 0) is 14.8 Å². The molecule has 1 aromatic rings. The van der Waals surface area contributed by atoms with E-state index >= 15 is 0 Å². The van der Waals surface area contributed by atoms with Gasteiger partial charge in [0.05, 0.1) is 11.4 Å². The average Bonchev–Trinajstić information content (AvgIpc) is 2.55. The van der Waals surface area contributed by atoms with Crippen molar-refractivity contribution in [2.24, 2.45) is 0 Å². The minimum atomic E-state index is -3.50. The highest BCUT2D eigenvalue weighted by Gasteiger charge is 2.21. The summed E-state index contributed by atoms with van der Waals surface area (Å²) in [6, 6.07) is 6.82. The Morgan fingerprint density at radius 2 is 1.83 bits per heavy atom. The third-order valence-corrected chi connectivity index (χ3v) is 6.30. The van der Waals surface area contributed by atoms with Gasteiger partial charge in [0.2, 0.25) is 15.9 Å². The predicted molar refractivity (Wildman–Crippen MR) is 95.4 cm³/mol. The number of carbonyl (C=O) groups is 1. The maximum Gasteiger partial charge on any atom is 0.242 e. The van der Waals surface area contributed by atoms with Crippen LogP contribution in [0.2, 0.25) is 0 Å². The Morgan fingerprint density at radius 3 is 2.46 bits per heavy atom. The smallest absolute Gasteiger partial charge is 0.242 e. The van der Waals surface area contributed by atoms with Crippen LogP contribution in [0.15, 0.2) is 29.2 Å². The first-order valence-electron chi connectivity index (χ1n) is 8.33. The first kappa shape index (κ1) is 18.9. The van der Waals surface area contributed by atoms with E-state index in [1.54, 1.807) is 12.1 Å². The van der Waals surface area contributed by atoms with E-state index in [0.717, 1.165) is 17.1 Å². The molecule has 1 aliphatic carbocycles. The number of hydrogen-bond acceptors (Lipinski definition) is 4. The summed E-state index contributed by atoms with van der Waals surface area (Å²) < 4.78 is 25.5. The van der Waals surface area contributed by atoms with Gasteiger partial charge in [-0.05, 0) is 38.1 Å². The highest BCUT2D eigenvalue weighted by Crippen LogP contribution is 2.22. The maximum absolute atomic E-state index is 12.2. The molecule has 0 heterocycles. The highest BCUT2D eigenvalue weighted by molar-refractivity contribution is 7.89. The summed E-state index contributed by atoms with van der Waals surface area (Å²) >= 11 is 0. The summed E-state index contributed by atoms with van der Waals surface area (Å²) in [5, 5.41) is 2.80. The van der Waals surface area contributed by atoms with Crippen molar-refractivity contribution in [3.8, 4) is 0 Å². The molecule has 0 spiro atoms. The Hall–Kier alpha value is -1.44. The van der Waals surface area contributed by atoms with Gasteiger partial charge in [-0.15, -0.1) is 0 Å². The Morgan fingerprint density at radius 1 is 1.17 bits per heavy atom.